The number of nitrogens with one attached hydrogen (secondary N) is 1. The zero-order valence-corrected chi connectivity index (χ0v) is 15.6. The first kappa shape index (κ1) is 17.1. The lowest BCUT2D eigenvalue weighted by molar-refractivity contribution is 0.664. The molecule has 2 heterocycles. The minimum Gasteiger partial charge on any atom is -0.338 e. The molecule has 29 heavy (non-hydrogen) atoms. The van der Waals surface area contributed by atoms with Crippen LogP contribution >= 0.6 is 0 Å². The van der Waals surface area contributed by atoms with E-state index in [4.69, 9.17) is 9.97 Å². The van der Waals surface area contributed by atoms with Crippen LogP contribution in [0.4, 0.5) is 11.5 Å². The zero-order chi connectivity index (χ0) is 19.5. The first-order valence-corrected chi connectivity index (χ1v) is 9.39. The molecule has 0 bridgehead atoms. The number of aromatic nitrogens is 5. The predicted molar refractivity (Wildman–Crippen MR) is 114 cm³/mol. The van der Waals surface area contributed by atoms with Crippen LogP contribution in [0.5, 0.6) is 0 Å². The van der Waals surface area contributed by atoms with Gasteiger partial charge in [0.2, 0.25) is 0 Å². The molecule has 3 aromatic carbocycles. The average molecular weight is 378 g/mol. The maximum atomic E-state index is 4.79. The minimum absolute atomic E-state index is 0.591. The van der Waals surface area contributed by atoms with Gasteiger partial charge in [-0.05, 0) is 17.7 Å². The lowest BCUT2D eigenvalue weighted by Gasteiger charge is -2.09. The molecule has 0 radical (unpaired) electrons. The Hall–Kier alpha value is -4.06. The van der Waals surface area contributed by atoms with Crippen molar-refractivity contribution in [3.63, 3.8) is 0 Å². The van der Waals surface area contributed by atoms with Gasteiger partial charge in [-0.1, -0.05) is 84.1 Å². The molecule has 6 nitrogen and oxygen atoms in total. The highest BCUT2D eigenvalue weighted by molar-refractivity contribution is 5.86. The Balaban J connectivity index is 1.64. The summed E-state index contributed by atoms with van der Waals surface area (Å²) >= 11 is 0. The Kier molecular flexibility index (Phi) is 4.42. The minimum atomic E-state index is 0.591. The molecular weight excluding hydrogens is 360 g/mol. The van der Waals surface area contributed by atoms with Crippen LogP contribution in [0.2, 0.25) is 0 Å². The molecule has 0 spiro atoms. The molecule has 0 aliphatic heterocycles. The Morgan fingerprint density at radius 2 is 1.38 bits per heavy atom. The van der Waals surface area contributed by atoms with Crippen molar-refractivity contribution in [2.45, 2.75) is 6.54 Å². The largest absolute Gasteiger partial charge is 0.338 e. The van der Waals surface area contributed by atoms with E-state index in [0.29, 0.717) is 29.4 Å². The van der Waals surface area contributed by atoms with Crippen molar-refractivity contribution in [2.24, 2.45) is 0 Å². The van der Waals surface area contributed by atoms with Crippen LogP contribution in [0, 0.1) is 0 Å². The maximum absolute atomic E-state index is 4.79. The van der Waals surface area contributed by atoms with E-state index in [9.17, 15) is 0 Å². The van der Waals surface area contributed by atoms with Gasteiger partial charge in [-0.3, -0.25) is 0 Å². The normalized spacial score (nSPS) is 10.9. The average Bonchev–Trinajstić information content (AvgIpc) is 3.19. The van der Waals surface area contributed by atoms with E-state index in [0.717, 1.165) is 16.8 Å². The Morgan fingerprint density at radius 3 is 2.10 bits per heavy atom. The number of rotatable bonds is 5. The topological polar surface area (TPSA) is 68.5 Å². The van der Waals surface area contributed by atoms with E-state index >= 15 is 0 Å². The number of fused-ring (bicyclic) bond motifs is 1. The molecule has 5 rings (SSSR count). The second-order valence-corrected chi connectivity index (χ2v) is 6.66. The molecule has 0 unspecified atom stereocenters. The van der Waals surface area contributed by atoms with Gasteiger partial charge in [-0.2, -0.15) is 0 Å². The van der Waals surface area contributed by atoms with E-state index in [1.807, 2.05) is 83.5 Å². The molecule has 6 heteroatoms. The molecule has 2 aromatic heterocycles. The summed E-state index contributed by atoms with van der Waals surface area (Å²) in [6, 6.07) is 30.0. The highest BCUT2D eigenvalue weighted by atomic mass is 15.4. The number of nitrogens with zero attached hydrogens (tertiary/aromatic N) is 5. The van der Waals surface area contributed by atoms with Crippen molar-refractivity contribution in [1.82, 2.24) is 25.0 Å². The van der Waals surface area contributed by atoms with Gasteiger partial charge in [0.05, 0.1) is 6.54 Å². The zero-order valence-electron chi connectivity index (χ0n) is 15.6. The molecular formula is C23H18N6. The summed E-state index contributed by atoms with van der Waals surface area (Å²) in [5, 5.41) is 12.1. The summed E-state index contributed by atoms with van der Waals surface area (Å²) in [5.74, 6) is 1.27. The third-order valence-corrected chi connectivity index (χ3v) is 4.61. The van der Waals surface area contributed by atoms with Gasteiger partial charge in [0, 0.05) is 11.3 Å². The third kappa shape index (κ3) is 3.55. The lowest BCUT2D eigenvalue weighted by Crippen LogP contribution is -2.05. The summed E-state index contributed by atoms with van der Waals surface area (Å²) in [7, 11) is 0. The first-order valence-electron chi connectivity index (χ1n) is 9.39. The SMILES string of the molecule is c1ccc(Cn2nnc3c(Nc4ccccc4)nc(-c4ccccc4)nc32)cc1. The van der Waals surface area contributed by atoms with Gasteiger partial charge in [-0.15, -0.1) is 5.10 Å². The number of hydrogen-bond acceptors (Lipinski definition) is 5. The molecule has 0 aliphatic rings. The summed E-state index contributed by atoms with van der Waals surface area (Å²) in [6.45, 7) is 0.591. The first-order chi connectivity index (χ1) is 14.4. The number of benzene rings is 3. The van der Waals surface area contributed by atoms with Gasteiger partial charge in [0.15, 0.2) is 22.8 Å². The van der Waals surface area contributed by atoms with Crippen LogP contribution in [0.25, 0.3) is 22.6 Å². The van der Waals surface area contributed by atoms with Crippen molar-refractivity contribution >= 4 is 22.7 Å². The molecule has 0 saturated carbocycles. The molecule has 0 aliphatic carbocycles. The van der Waals surface area contributed by atoms with Crippen molar-refractivity contribution in [3.8, 4) is 11.4 Å². The second-order valence-electron chi connectivity index (χ2n) is 6.66. The molecule has 5 aromatic rings. The van der Waals surface area contributed by atoms with Gasteiger partial charge < -0.3 is 5.32 Å². The number of hydrogen-bond donors (Lipinski definition) is 1. The molecule has 0 fully saturated rings. The van der Waals surface area contributed by atoms with Gasteiger partial charge in [0.25, 0.3) is 0 Å². The third-order valence-electron chi connectivity index (χ3n) is 4.61. The van der Waals surface area contributed by atoms with E-state index in [2.05, 4.69) is 27.8 Å². The molecule has 140 valence electrons. The fraction of sp³-hybridized carbons (Fsp3) is 0.0435. The van der Waals surface area contributed by atoms with Crippen molar-refractivity contribution in [1.29, 1.82) is 0 Å². The maximum Gasteiger partial charge on any atom is 0.184 e. The van der Waals surface area contributed by atoms with Gasteiger partial charge in [0.1, 0.15) is 0 Å². The number of para-hydroxylation sites is 1. The van der Waals surface area contributed by atoms with Crippen LogP contribution in [-0.4, -0.2) is 25.0 Å². The number of anilines is 2. The van der Waals surface area contributed by atoms with Crippen LogP contribution in [0.15, 0.2) is 91.0 Å². The fourth-order valence-electron chi connectivity index (χ4n) is 3.18. The fourth-order valence-corrected chi connectivity index (χ4v) is 3.18. The second kappa shape index (κ2) is 7.52. The summed E-state index contributed by atoms with van der Waals surface area (Å²) in [4.78, 5) is 9.54. The molecule has 0 amide bonds. The highest BCUT2D eigenvalue weighted by Crippen LogP contribution is 2.26. The Morgan fingerprint density at radius 1 is 0.724 bits per heavy atom. The van der Waals surface area contributed by atoms with Crippen molar-refractivity contribution in [3.05, 3.63) is 96.6 Å². The van der Waals surface area contributed by atoms with E-state index in [1.54, 1.807) is 0 Å². The van der Waals surface area contributed by atoms with E-state index in [-0.39, 0.29) is 0 Å². The monoisotopic (exact) mass is 378 g/mol. The smallest absolute Gasteiger partial charge is 0.184 e. The summed E-state index contributed by atoms with van der Waals surface area (Å²) < 4.78 is 1.81. The lowest BCUT2D eigenvalue weighted by atomic mass is 10.2. The van der Waals surface area contributed by atoms with Gasteiger partial charge in [-0.25, -0.2) is 14.6 Å². The standard InChI is InChI=1S/C23H18N6/c1-4-10-17(11-5-1)16-29-23-20(27-28-29)22(24-19-14-8-3-9-15-19)25-21(26-23)18-12-6-2-7-13-18/h1-15H,16H2,(H,24,25,26). The van der Waals surface area contributed by atoms with Crippen molar-refractivity contribution < 1.29 is 0 Å². The quantitative estimate of drug-likeness (QED) is 0.481. The highest BCUT2D eigenvalue weighted by Gasteiger charge is 2.16. The summed E-state index contributed by atoms with van der Waals surface area (Å²) in [6.07, 6.45) is 0. The predicted octanol–water partition coefficient (Wildman–Crippen LogP) is 4.68. The van der Waals surface area contributed by atoms with Crippen LogP contribution in [0.3, 0.4) is 0 Å². The van der Waals surface area contributed by atoms with E-state index in [1.165, 1.54) is 0 Å². The molecule has 0 atom stereocenters. The van der Waals surface area contributed by atoms with Crippen LogP contribution < -0.4 is 5.32 Å². The van der Waals surface area contributed by atoms with Gasteiger partial charge >= 0.3 is 0 Å². The Bertz CT molecular complexity index is 1230. The van der Waals surface area contributed by atoms with Crippen LogP contribution in [0.1, 0.15) is 5.56 Å². The Labute approximate surface area is 167 Å². The van der Waals surface area contributed by atoms with E-state index < -0.39 is 0 Å². The summed E-state index contributed by atoms with van der Waals surface area (Å²) in [5.41, 5.74) is 4.35. The molecule has 1 N–H and O–H groups in total. The van der Waals surface area contributed by atoms with Crippen molar-refractivity contribution in [2.75, 3.05) is 5.32 Å². The van der Waals surface area contributed by atoms with Crippen LogP contribution in [-0.2, 0) is 6.54 Å². The molecule has 0 saturated heterocycles.